The first-order valence-electron chi connectivity index (χ1n) is 10.3. The number of benzene rings is 2. The van der Waals surface area contributed by atoms with Crippen LogP contribution in [0.4, 0.5) is 4.39 Å². The van der Waals surface area contributed by atoms with E-state index in [0.717, 1.165) is 25.9 Å². The molecule has 2 aliphatic rings. The third kappa shape index (κ3) is 2.78. The number of fused-ring (bicyclic) bond motifs is 2. The molecule has 1 aromatic heterocycles. The maximum Gasteiger partial charge on any atom is 0.123 e. The molecule has 0 saturated carbocycles. The minimum absolute atomic E-state index is 0.111. The number of hydrogen-bond acceptors (Lipinski definition) is 2. The van der Waals surface area contributed by atoms with E-state index in [1.165, 1.54) is 27.6 Å². The van der Waals surface area contributed by atoms with Gasteiger partial charge in [0.1, 0.15) is 5.82 Å². The summed E-state index contributed by atoms with van der Waals surface area (Å²) in [4.78, 5) is 5.02. The molecule has 146 valence electrons. The Morgan fingerprint density at radius 2 is 1.86 bits per heavy atom. The Morgan fingerprint density at radius 1 is 1.04 bits per heavy atom. The van der Waals surface area contributed by atoms with E-state index in [1.54, 1.807) is 12.1 Å². The standard InChI is InChI=1S/C24H28FN3/c1-26(2)24-15-28(23-11-8-16-12-17(25)9-10-18(16)23)14-21(24)20-13-27(3)22-7-5-4-6-19(20)22/h4-7,9-10,12-13,21,23-24H,8,11,14-15H2,1-3H3/t21-,23?,24+/m1/s1. The lowest BCUT2D eigenvalue weighted by atomic mass is 9.93. The molecule has 2 aromatic carbocycles. The fourth-order valence-electron chi connectivity index (χ4n) is 5.51. The van der Waals surface area contributed by atoms with Crippen LogP contribution in [0.1, 0.15) is 35.1 Å². The Hall–Kier alpha value is -2.17. The summed E-state index contributed by atoms with van der Waals surface area (Å²) in [7, 11) is 6.54. The molecule has 2 heterocycles. The van der Waals surface area contributed by atoms with E-state index in [1.807, 2.05) is 6.07 Å². The zero-order valence-electron chi connectivity index (χ0n) is 16.9. The van der Waals surface area contributed by atoms with Gasteiger partial charge in [-0.3, -0.25) is 4.90 Å². The molecule has 4 heteroatoms. The SMILES string of the molecule is CN(C)[C@H]1CN(C2CCc3cc(F)ccc32)C[C@@H]1c1cn(C)c2ccccc12. The first-order valence-corrected chi connectivity index (χ1v) is 10.3. The van der Waals surface area contributed by atoms with Crippen LogP contribution in [0.15, 0.2) is 48.7 Å². The number of likely N-dealkylation sites (tertiary alicyclic amines) is 1. The first-order chi connectivity index (χ1) is 13.5. The van der Waals surface area contributed by atoms with Crippen LogP contribution in [0.5, 0.6) is 0 Å². The van der Waals surface area contributed by atoms with Gasteiger partial charge in [-0.1, -0.05) is 24.3 Å². The number of nitrogens with zero attached hydrogens (tertiary/aromatic N) is 3. The van der Waals surface area contributed by atoms with Gasteiger partial charge < -0.3 is 9.47 Å². The van der Waals surface area contributed by atoms with Crippen molar-refractivity contribution in [1.29, 1.82) is 0 Å². The molecule has 0 spiro atoms. The Labute approximate surface area is 166 Å². The summed E-state index contributed by atoms with van der Waals surface area (Å²) < 4.78 is 15.9. The van der Waals surface area contributed by atoms with E-state index in [2.05, 4.69) is 66.0 Å². The van der Waals surface area contributed by atoms with Crippen LogP contribution in [0.25, 0.3) is 10.9 Å². The summed E-state index contributed by atoms with van der Waals surface area (Å²) in [6.07, 6.45) is 4.41. The van der Waals surface area contributed by atoms with Crippen LogP contribution in [-0.4, -0.2) is 47.6 Å². The van der Waals surface area contributed by atoms with E-state index in [4.69, 9.17) is 0 Å². The van der Waals surface area contributed by atoms with Gasteiger partial charge in [0.05, 0.1) is 0 Å². The minimum Gasteiger partial charge on any atom is -0.350 e. The van der Waals surface area contributed by atoms with Crippen LogP contribution >= 0.6 is 0 Å². The van der Waals surface area contributed by atoms with E-state index < -0.39 is 0 Å². The van der Waals surface area contributed by atoms with Gasteiger partial charge in [0.15, 0.2) is 0 Å². The lowest BCUT2D eigenvalue weighted by Gasteiger charge is -2.26. The molecular formula is C24H28FN3. The number of rotatable bonds is 3. The third-order valence-corrected chi connectivity index (χ3v) is 6.90. The lowest BCUT2D eigenvalue weighted by Crippen LogP contribution is -2.35. The molecule has 0 bridgehead atoms. The minimum atomic E-state index is -0.111. The molecule has 5 rings (SSSR count). The van der Waals surface area contributed by atoms with E-state index in [0.29, 0.717) is 18.0 Å². The topological polar surface area (TPSA) is 11.4 Å². The van der Waals surface area contributed by atoms with Crippen molar-refractivity contribution < 1.29 is 4.39 Å². The van der Waals surface area contributed by atoms with Crippen molar-refractivity contribution in [3.63, 3.8) is 0 Å². The molecule has 3 nitrogen and oxygen atoms in total. The molecule has 1 fully saturated rings. The normalized spacial score (nSPS) is 25.1. The number of para-hydroxylation sites is 1. The van der Waals surface area contributed by atoms with Gasteiger partial charge >= 0.3 is 0 Å². The number of halogens is 1. The Morgan fingerprint density at radius 3 is 2.68 bits per heavy atom. The molecule has 1 aliphatic carbocycles. The quantitative estimate of drug-likeness (QED) is 0.673. The predicted molar refractivity (Wildman–Crippen MR) is 112 cm³/mol. The van der Waals surface area contributed by atoms with Gasteiger partial charge in [-0.25, -0.2) is 4.39 Å². The van der Waals surface area contributed by atoms with Gasteiger partial charge in [-0.05, 0) is 61.8 Å². The van der Waals surface area contributed by atoms with E-state index in [-0.39, 0.29) is 5.82 Å². The Bertz CT molecular complexity index is 1020. The highest BCUT2D eigenvalue weighted by Crippen LogP contribution is 2.43. The summed E-state index contributed by atoms with van der Waals surface area (Å²) in [5, 5.41) is 1.37. The van der Waals surface area contributed by atoms with Crippen molar-refractivity contribution in [3.8, 4) is 0 Å². The highest BCUT2D eigenvalue weighted by Gasteiger charge is 2.41. The number of hydrogen-bond donors (Lipinski definition) is 0. The average Bonchev–Trinajstić information content (AvgIpc) is 3.37. The number of likely N-dealkylation sites (N-methyl/N-ethyl adjacent to an activating group) is 1. The second kappa shape index (κ2) is 6.71. The van der Waals surface area contributed by atoms with Crippen molar-refractivity contribution in [2.75, 3.05) is 27.2 Å². The smallest absolute Gasteiger partial charge is 0.123 e. The third-order valence-electron chi connectivity index (χ3n) is 6.90. The molecule has 0 radical (unpaired) electrons. The van der Waals surface area contributed by atoms with Gasteiger partial charge in [0, 0.05) is 55.2 Å². The van der Waals surface area contributed by atoms with Crippen LogP contribution < -0.4 is 0 Å². The molecule has 1 aliphatic heterocycles. The zero-order chi connectivity index (χ0) is 19.4. The maximum absolute atomic E-state index is 13.6. The van der Waals surface area contributed by atoms with Crippen molar-refractivity contribution in [2.45, 2.75) is 30.8 Å². The van der Waals surface area contributed by atoms with Gasteiger partial charge in [-0.15, -0.1) is 0 Å². The predicted octanol–water partition coefficient (Wildman–Crippen LogP) is 4.33. The molecule has 1 unspecified atom stereocenters. The summed E-state index contributed by atoms with van der Waals surface area (Å²) in [5.74, 6) is 0.367. The Balaban J connectivity index is 1.50. The van der Waals surface area contributed by atoms with Crippen LogP contribution in [0.2, 0.25) is 0 Å². The highest BCUT2D eigenvalue weighted by molar-refractivity contribution is 5.84. The van der Waals surface area contributed by atoms with Crippen LogP contribution in [0, 0.1) is 5.82 Å². The fraction of sp³-hybridized carbons (Fsp3) is 0.417. The first kappa shape index (κ1) is 17.9. The highest BCUT2D eigenvalue weighted by atomic mass is 19.1. The molecule has 0 N–H and O–H groups in total. The van der Waals surface area contributed by atoms with Gasteiger partial charge in [0.2, 0.25) is 0 Å². The molecular weight excluding hydrogens is 349 g/mol. The molecule has 1 saturated heterocycles. The zero-order valence-corrected chi connectivity index (χ0v) is 16.9. The summed E-state index contributed by atoms with van der Waals surface area (Å²) in [6.45, 7) is 2.11. The summed E-state index contributed by atoms with van der Waals surface area (Å²) in [6, 6.07) is 15.0. The second-order valence-corrected chi connectivity index (χ2v) is 8.70. The monoisotopic (exact) mass is 377 g/mol. The van der Waals surface area contributed by atoms with Crippen molar-refractivity contribution >= 4 is 10.9 Å². The van der Waals surface area contributed by atoms with Crippen molar-refractivity contribution in [3.05, 3.63) is 71.2 Å². The van der Waals surface area contributed by atoms with E-state index in [9.17, 15) is 4.39 Å². The summed E-state index contributed by atoms with van der Waals surface area (Å²) >= 11 is 0. The Kier molecular flexibility index (Phi) is 4.29. The lowest BCUT2D eigenvalue weighted by molar-refractivity contribution is 0.216. The molecule has 28 heavy (non-hydrogen) atoms. The fourth-order valence-corrected chi connectivity index (χ4v) is 5.51. The average molecular weight is 378 g/mol. The van der Waals surface area contributed by atoms with Crippen molar-refractivity contribution in [2.24, 2.45) is 7.05 Å². The molecule has 3 atom stereocenters. The largest absolute Gasteiger partial charge is 0.350 e. The summed E-state index contributed by atoms with van der Waals surface area (Å²) in [5.41, 5.74) is 5.28. The van der Waals surface area contributed by atoms with Gasteiger partial charge in [-0.2, -0.15) is 0 Å². The molecule has 0 amide bonds. The maximum atomic E-state index is 13.6. The molecule has 3 aromatic rings. The van der Waals surface area contributed by atoms with E-state index >= 15 is 0 Å². The van der Waals surface area contributed by atoms with Crippen molar-refractivity contribution in [1.82, 2.24) is 14.4 Å². The number of aryl methyl sites for hydroxylation is 2. The van der Waals surface area contributed by atoms with Crippen LogP contribution in [-0.2, 0) is 13.5 Å². The van der Waals surface area contributed by atoms with Crippen LogP contribution in [0.3, 0.4) is 0 Å². The number of aromatic nitrogens is 1. The second-order valence-electron chi connectivity index (χ2n) is 8.70. The van der Waals surface area contributed by atoms with Gasteiger partial charge in [0.25, 0.3) is 0 Å².